The molecule has 0 aromatic heterocycles. The minimum atomic E-state index is -4.29. The molecule has 0 heterocycles. The van der Waals surface area contributed by atoms with E-state index in [4.69, 9.17) is 0 Å². The van der Waals surface area contributed by atoms with E-state index in [1.54, 1.807) is 5.32 Å². The van der Waals surface area contributed by atoms with Gasteiger partial charge in [-0.25, -0.2) is 9.18 Å². The van der Waals surface area contributed by atoms with Crippen LogP contribution in [0.1, 0.15) is 12.5 Å². The smallest absolute Gasteiger partial charge is 0.418 e. The van der Waals surface area contributed by atoms with Gasteiger partial charge in [0.25, 0.3) is 0 Å². The van der Waals surface area contributed by atoms with Crippen molar-refractivity contribution in [2.75, 3.05) is 6.61 Å². The van der Waals surface area contributed by atoms with Gasteiger partial charge in [-0.2, -0.15) is 8.78 Å². The van der Waals surface area contributed by atoms with E-state index in [9.17, 15) is 22.8 Å². The van der Waals surface area contributed by atoms with Crippen LogP contribution in [0.2, 0.25) is 0 Å². The van der Waals surface area contributed by atoms with E-state index in [0.29, 0.717) is 0 Å². The Bertz CT molecular complexity index is 477. The summed E-state index contributed by atoms with van der Waals surface area (Å²) in [4.78, 5) is 22.1. The van der Waals surface area contributed by atoms with Crippen LogP contribution in [-0.2, 0) is 20.9 Å². The lowest BCUT2D eigenvalue weighted by atomic mass is 10.2. The number of carbonyl (C=O) groups is 2. The monoisotopic (exact) mass is 275 g/mol. The van der Waals surface area contributed by atoms with Crippen LogP contribution in [0, 0.1) is 5.82 Å². The molecule has 0 spiro atoms. The first-order chi connectivity index (χ1) is 8.89. The molecule has 1 N–H and O–H groups in total. The maximum Gasteiger partial charge on any atom is 0.418 e. The minimum absolute atomic E-state index is 0.0375. The van der Waals surface area contributed by atoms with Gasteiger partial charge in [-0.3, -0.25) is 4.79 Å². The highest BCUT2D eigenvalue weighted by molar-refractivity contribution is 6.04. The number of hydrogen-bond donors (Lipinski definition) is 1. The van der Waals surface area contributed by atoms with Crippen molar-refractivity contribution in [2.45, 2.75) is 19.4 Å². The van der Waals surface area contributed by atoms with E-state index in [-0.39, 0.29) is 12.2 Å². The lowest BCUT2D eigenvalue weighted by Crippen LogP contribution is -2.46. The Hall–Kier alpha value is -2.05. The second-order valence-corrected chi connectivity index (χ2v) is 3.57. The van der Waals surface area contributed by atoms with Crippen molar-refractivity contribution < 1.29 is 27.5 Å². The molecule has 0 saturated carbocycles. The molecule has 1 amide bonds. The Morgan fingerprint density at radius 3 is 2.53 bits per heavy atom. The second kappa shape index (κ2) is 6.21. The third-order valence-electron chi connectivity index (χ3n) is 2.21. The number of esters is 1. The van der Waals surface area contributed by atoms with E-state index in [2.05, 4.69) is 4.74 Å². The van der Waals surface area contributed by atoms with Crippen molar-refractivity contribution in [2.24, 2.45) is 0 Å². The van der Waals surface area contributed by atoms with Crippen molar-refractivity contribution in [1.82, 2.24) is 5.32 Å². The fourth-order valence-electron chi connectivity index (χ4n) is 1.24. The Morgan fingerprint density at radius 2 is 1.95 bits per heavy atom. The largest absolute Gasteiger partial charge is 0.461 e. The van der Waals surface area contributed by atoms with E-state index in [0.717, 1.165) is 6.07 Å². The highest BCUT2D eigenvalue weighted by atomic mass is 19.3. The zero-order chi connectivity index (χ0) is 14.5. The van der Waals surface area contributed by atoms with Crippen molar-refractivity contribution in [3.63, 3.8) is 0 Å². The molecule has 0 unspecified atom stereocenters. The molecule has 0 fully saturated rings. The van der Waals surface area contributed by atoms with Crippen LogP contribution in [0.15, 0.2) is 24.3 Å². The van der Waals surface area contributed by atoms with Gasteiger partial charge in [0.2, 0.25) is 0 Å². The summed E-state index contributed by atoms with van der Waals surface area (Å²) < 4.78 is 43.7. The molecule has 0 aliphatic rings. The number of benzene rings is 1. The molecular weight excluding hydrogens is 263 g/mol. The molecule has 0 bridgehead atoms. The standard InChI is InChI=1S/C12H12F3NO3/c1-2-19-11(18)12(14,15)10(17)16-7-8-5-3-4-6-9(8)13/h3-6H,2,7H2,1H3,(H,16,17). The van der Waals surface area contributed by atoms with Gasteiger partial charge < -0.3 is 10.1 Å². The van der Waals surface area contributed by atoms with Crippen LogP contribution in [0.3, 0.4) is 0 Å². The number of carbonyl (C=O) groups excluding carboxylic acids is 2. The van der Waals surface area contributed by atoms with Crippen LogP contribution >= 0.6 is 0 Å². The van der Waals surface area contributed by atoms with Crippen molar-refractivity contribution in [1.29, 1.82) is 0 Å². The number of ether oxygens (including phenoxy) is 1. The van der Waals surface area contributed by atoms with E-state index in [1.807, 2.05) is 0 Å². The number of halogens is 3. The zero-order valence-corrected chi connectivity index (χ0v) is 10.1. The molecule has 1 aromatic rings. The van der Waals surface area contributed by atoms with Crippen LogP contribution in [0.25, 0.3) is 0 Å². The molecule has 1 aromatic carbocycles. The number of alkyl halides is 2. The molecule has 7 heteroatoms. The molecule has 19 heavy (non-hydrogen) atoms. The summed E-state index contributed by atoms with van der Waals surface area (Å²) >= 11 is 0. The van der Waals surface area contributed by atoms with Gasteiger partial charge in [0, 0.05) is 12.1 Å². The third-order valence-corrected chi connectivity index (χ3v) is 2.21. The molecule has 0 saturated heterocycles. The Morgan fingerprint density at radius 1 is 1.32 bits per heavy atom. The zero-order valence-electron chi connectivity index (χ0n) is 10.1. The Labute approximate surface area is 107 Å². The van der Waals surface area contributed by atoms with Crippen molar-refractivity contribution in [3.05, 3.63) is 35.6 Å². The van der Waals surface area contributed by atoms with E-state index >= 15 is 0 Å². The summed E-state index contributed by atoms with van der Waals surface area (Å²) in [5, 5.41) is 1.79. The fourth-order valence-corrected chi connectivity index (χ4v) is 1.24. The minimum Gasteiger partial charge on any atom is -0.461 e. The van der Waals surface area contributed by atoms with Crippen molar-refractivity contribution >= 4 is 11.9 Å². The fraction of sp³-hybridized carbons (Fsp3) is 0.333. The Kier molecular flexibility index (Phi) is 4.91. The predicted molar refractivity (Wildman–Crippen MR) is 59.8 cm³/mol. The molecule has 1 rings (SSSR count). The molecule has 0 radical (unpaired) electrons. The first kappa shape index (κ1) is 15.0. The van der Waals surface area contributed by atoms with Gasteiger partial charge >= 0.3 is 17.8 Å². The summed E-state index contributed by atoms with van der Waals surface area (Å²) in [7, 11) is 0. The van der Waals surface area contributed by atoms with E-state index in [1.165, 1.54) is 25.1 Å². The molecule has 0 atom stereocenters. The number of hydrogen-bond acceptors (Lipinski definition) is 3. The van der Waals surface area contributed by atoms with Crippen LogP contribution < -0.4 is 5.32 Å². The van der Waals surface area contributed by atoms with Gasteiger partial charge in [-0.05, 0) is 13.0 Å². The van der Waals surface area contributed by atoms with Gasteiger partial charge in [-0.15, -0.1) is 0 Å². The third kappa shape index (κ3) is 3.70. The number of rotatable bonds is 5. The lowest BCUT2D eigenvalue weighted by molar-refractivity contribution is -0.177. The van der Waals surface area contributed by atoms with Gasteiger partial charge in [0.1, 0.15) is 5.82 Å². The molecule has 0 aliphatic heterocycles. The van der Waals surface area contributed by atoms with Crippen LogP contribution in [0.4, 0.5) is 13.2 Å². The van der Waals surface area contributed by atoms with Crippen LogP contribution in [0.5, 0.6) is 0 Å². The highest BCUT2D eigenvalue weighted by Gasteiger charge is 2.48. The Balaban J connectivity index is 2.65. The lowest BCUT2D eigenvalue weighted by Gasteiger charge is -2.14. The molecular formula is C12H12F3NO3. The van der Waals surface area contributed by atoms with Gasteiger partial charge in [0.05, 0.1) is 6.61 Å². The average molecular weight is 275 g/mol. The quantitative estimate of drug-likeness (QED) is 0.656. The highest BCUT2D eigenvalue weighted by Crippen LogP contribution is 2.16. The number of nitrogens with one attached hydrogen (secondary N) is 1. The average Bonchev–Trinajstić information content (AvgIpc) is 2.37. The normalized spacial score (nSPS) is 10.9. The summed E-state index contributed by atoms with van der Waals surface area (Å²) in [5.74, 6) is -8.68. The predicted octanol–water partition coefficient (Wildman–Crippen LogP) is 1.64. The SMILES string of the molecule is CCOC(=O)C(F)(F)C(=O)NCc1ccccc1F. The second-order valence-electron chi connectivity index (χ2n) is 3.57. The summed E-state index contributed by atoms with van der Waals surface area (Å²) in [5.41, 5.74) is 0.0375. The maximum absolute atomic E-state index is 13.2. The first-order valence-electron chi connectivity index (χ1n) is 5.46. The van der Waals surface area contributed by atoms with Gasteiger partial charge in [0.15, 0.2) is 0 Å². The van der Waals surface area contributed by atoms with Gasteiger partial charge in [-0.1, -0.05) is 18.2 Å². The molecule has 104 valence electrons. The first-order valence-corrected chi connectivity index (χ1v) is 5.46. The summed E-state index contributed by atoms with van der Waals surface area (Å²) in [6, 6.07) is 5.38. The summed E-state index contributed by atoms with van der Waals surface area (Å²) in [6.07, 6.45) is 0. The number of amides is 1. The topological polar surface area (TPSA) is 55.4 Å². The maximum atomic E-state index is 13.2. The van der Waals surface area contributed by atoms with E-state index < -0.39 is 30.2 Å². The van der Waals surface area contributed by atoms with Crippen LogP contribution in [-0.4, -0.2) is 24.4 Å². The molecule has 0 aliphatic carbocycles. The summed E-state index contributed by atoms with van der Waals surface area (Å²) in [6.45, 7) is 0.626. The van der Waals surface area contributed by atoms with Crippen molar-refractivity contribution in [3.8, 4) is 0 Å². The molecule has 4 nitrogen and oxygen atoms in total.